The van der Waals surface area contributed by atoms with Crippen LogP contribution in [0.2, 0.25) is 0 Å². The molecule has 148 valence electrons. The van der Waals surface area contributed by atoms with Gasteiger partial charge in [0.25, 0.3) is 0 Å². The summed E-state index contributed by atoms with van der Waals surface area (Å²) in [6, 6.07) is 28.0. The summed E-state index contributed by atoms with van der Waals surface area (Å²) in [6.07, 6.45) is 1.76. The zero-order chi connectivity index (χ0) is 20.2. The molecule has 30 heavy (non-hydrogen) atoms. The molecule has 6 heteroatoms. The molecule has 0 fully saturated rings. The van der Waals surface area contributed by atoms with Crippen molar-refractivity contribution < 1.29 is 9.47 Å². The molecule has 0 unspecified atom stereocenters. The number of hydrogen-bond donors (Lipinski definition) is 1. The summed E-state index contributed by atoms with van der Waals surface area (Å²) >= 11 is 0. The Balaban J connectivity index is 1.44. The van der Waals surface area contributed by atoms with Crippen molar-refractivity contribution in [3.05, 3.63) is 96.7 Å². The van der Waals surface area contributed by atoms with E-state index in [0.717, 1.165) is 22.9 Å². The van der Waals surface area contributed by atoms with E-state index in [2.05, 4.69) is 39.5 Å². The molecule has 0 saturated carbocycles. The Hall–Kier alpha value is -4.06. The van der Waals surface area contributed by atoms with Crippen LogP contribution in [0.5, 0.6) is 11.5 Å². The van der Waals surface area contributed by atoms with Crippen molar-refractivity contribution in [2.75, 3.05) is 17.0 Å². The van der Waals surface area contributed by atoms with Gasteiger partial charge in [-0.1, -0.05) is 48.5 Å². The van der Waals surface area contributed by atoms with Crippen LogP contribution in [0.25, 0.3) is 0 Å². The van der Waals surface area contributed by atoms with Gasteiger partial charge in [-0.05, 0) is 35.9 Å². The van der Waals surface area contributed by atoms with Crippen LogP contribution in [0.1, 0.15) is 5.56 Å². The number of aromatic nitrogens is 2. The minimum absolute atomic E-state index is 0.252. The second kappa shape index (κ2) is 8.13. The topological polar surface area (TPSA) is 59.5 Å². The van der Waals surface area contributed by atoms with Gasteiger partial charge in [-0.15, -0.1) is 0 Å². The van der Waals surface area contributed by atoms with E-state index < -0.39 is 0 Å². The zero-order valence-corrected chi connectivity index (χ0v) is 16.2. The highest BCUT2D eigenvalue weighted by Gasteiger charge is 2.15. The van der Waals surface area contributed by atoms with Crippen LogP contribution in [-0.4, -0.2) is 16.8 Å². The third kappa shape index (κ3) is 3.89. The lowest BCUT2D eigenvalue weighted by molar-refractivity contribution is 0.174. The monoisotopic (exact) mass is 396 g/mol. The Bertz CT molecular complexity index is 1140. The number of para-hydroxylation sites is 1. The molecule has 0 saturated heterocycles. The lowest BCUT2D eigenvalue weighted by Gasteiger charge is -2.23. The minimum atomic E-state index is 0.252. The van der Waals surface area contributed by atoms with Gasteiger partial charge in [0.15, 0.2) is 11.5 Å². The van der Waals surface area contributed by atoms with Gasteiger partial charge in [0.1, 0.15) is 5.82 Å². The number of hydrogen-bond acceptors (Lipinski definition) is 6. The van der Waals surface area contributed by atoms with Crippen molar-refractivity contribution in [3.63, 3.8) is 0 Å². The second-order valence-corrected chi connectivity index (χ2v) is 6.84. The molecular formula is C24H20N4O2. The summed E-state index contributed by atoms with van der Waals surface area (Å²) in [7, 11) is 0. The average Bonchev–Trinajstić information content (AvgIpc) is 3.27. The Labute approximate surface area is 174 Å². The number of fused-ring (bicyclic) bond motifs is 1. The van der Waals surface area contributed by atoms with Crippen LogP contribution in [0.4, 0.5) is 23.1 Å². The van der Waals surface area contributed by atoms with Crippen molar-refractivity contribution in [2.24, 2.45) is 0 Å². The van der Waals surface area contributed by atoms with E-state index in [0.29, 0.717) is 18.3 Å². The predicted molar refractivity (Wildman–Crippen MR) is 117 cm³/mol. The molecule has 4 aromatic rings. The van der Waals surface area contributed by atoms with Gasteiger partial charge in [-0.2, -0.15) is 4.98 Å². The van der Waals surface area contributed by atoms with E-state index in [9.17, 15) is 0 Å². The smallest absolute Gasteiger partial charge is 0.232 e. The van der Waals surface area contributed by atoms with Gasteiger partial charge >= 0.3 is 0 Å². The molecule has 0 radical (unpaired) electrons. The molecule has 1 N–H and O–H groups in total. The van der Waals surface area contributed by atoms with Crippen molar-refractivity contribution in [2.45, 2.75) is 6.54 Å². The molecule has 2 heterocycles. The third-order valence-corrected chi connectivity index (χ3v) is 4.78. The van der Waals surface area contributed by atoms with E-state index >= 15 is 0 Å². The minimum Gasteiger partial charge on any atom is -0.454 e. The SMILES string of the molecule is c1ccc(CN(c2ccccc2)c2nccc(Nc3ccc4c(c3)OCO4)n2)cc1. The number of nitrogens with zero attached hydrogens (tertiary/aromatic N) is 3. The molecule has 5 rings (SSSR count). The fraction of sp³-hybridized carbons (Fsp3) is 0.0833. The number of benzene rings is 3. The molecule has 6 nitrogen and oxygen atoms in total. The second-order valence-electron chi connectivity index (χ2n) is 6.84. The first-order valence-electron chi connectivity index (χ1n) is 9.71. The summed E-state index contributed by atoms with van der Waals surface area (Å²) in [4.78, 5) is 11.4. The first-order chi connectivity index (χ1) is 14.8. The molecule has 3 aromatic carbocycles. The zero-order valence-electron chi connectivity index (χ0n) is 16.2. The van der Waals surface area contributed by atoms with E-state index in [1.54, 1.807) is 6.20 Å². The lowest BCUT2D eigenvalue weighted by atomic mass is 10.2. The quantitative estimate of drug-likeness (QED) is 0.478. The highest BCUT2D eigenvalue weighted by Crippen LogP contribution is 2.35. The standard InChI is InChI=1S/C24H20N4O2/c1-3-7-18(8-4-1)16-28(20-9-5-2-6-10-20)24-25-14-13-23(27-24)26-19-11-12-21-22(15-19)30-17-29-21/h1-15H,16-17H2,(H,25,26,27). The Kier molecular flexibility index (Phi) is 4.88. The molecule has 0 aliphatic carbocycles. The molecule has 0 bridgehead atoms. The third-order valence-electron chi connectivity index (χ3n) is 4.78. The van der Waals surface area contributed by atoms with Gasteiger partial charge in [0.2, 0.25) is 12.7 Å². The molecule has 0 spiro atoms. The van der Waals surface area contributed by atoms with E-state index in [1.165, 1.54) is 5.56 Å². The number of anilines is 4. The van der Waals surface area contributed by atoms with Crippen molar-refractivity contribution >= 4 is 23.1 Å². The van der Waals surface area contributed by atoms with E-state index in [-0.39, 0.29) is 6.79 Å². The van der Waals surface area contributed by atoms with Crippen molar-refractivity contribution in [1.82, 2.24) is 9.97 Å². The van der Waals surface area contributed by atoms with Crippen LogP contribution < -0.4 is 19.7 Å². The van der Waals surface area contributed by atoms with Crippen LogP contribution >= 0.6 is 0 Å². The van der Waals surface area contributed by atoms with Gasteiger partial charge in [0.05, 0.1) is 6.54 Å². The maximum atomic E-state index is 5.46. The van der Waals surface area contributed by atoms with Crippen LogP contribution in [0.15, 0.2) is 91.1 Å². The first kappa shape index (κ1) is 18.0. The lowest BCUT2D eigenvalue weighted by Crippen LogP contribution is -2.19. The molecule has 0 amide bonds. The predicted octanol–water partition coefficient (Wildman–Crippen LogP) is 5.29. The Morgan fingerprint density at radius 3 is 2.43 bits per heavy atom. The summed E-state index contributed by atoms with van der Waals surface area (Å²) in [5.41, 5.74) is 3.08. The van der Waals surface area contributed by atoms with Gasteiger partial charge in [0, 0.05) is 23.6 Å². The van der Waals surface area contributed by atoms with Gasteiger partial charge < -0.3 is 19.7 Å². The summed E-state index contributed by atoms with van der Waals surface area (Å²) in [5.74, 6) is 2.80. The Morgan fingerprint density at radius 2 is 1.60 bits per heavy atom. The van der Waals surface area contributed by atoms with Gasteiger partial charge in [-0.3, -0.25) is 0 Å². The van der Waals surface area contributed by atoms with Crippen LogP contribution in [0, 0.1) is 0 Å². The van der Waals surface area contributed by atoms with Crippen molar-refractivity contribution in [3.8, 4) is 11.5 Å². The van der Waals surface area contributed by atoms with E-state index in [4.69, 9.17) is 14.5 Å². The average molecular weight is 396 g/mol. The van der Waals surface area contributed by atoms with Crippen LogP contribution in [0.3, 0.4) is 0 Å². The number of ether oxygens (including phenoxy) is 2. The van der Waals surface area contributed by atoms with Crippen molar-refractivity contribution in [1.29, 1.82) is 0 Å². The Morgan fingerprint density at radius 1 is 0.833 bits per heavy atom. The normalized spacial score (nSPS) is 11.9. The fourth-order valence-corrected chi connectivity index (χ4v) is 3.32. The summed E-state index contributed by atoms with van der Waals surface area (Å²) in [6.45, 7) is 0.917. The number of nitrogens with one attached hydrogen (secondary N) is 1. The van der Waals surface area contributed by atoms with E-state index in [1.807, 2.05) is 60.7 Å². The first-order valence-corrected chi connectivity index (χ1v) is 9.71. The summed E-state index contributed by atoms with van der Waals surface area (Å²) in [5, 5.41) is 3.33. The fourth-order valence-electron chi connectivity index (χ4n) is 3.32. The van der Waals surface area contributed by atoms with Crippen LogP contribution in [-0.2, 0) is 6.54 Å². The summed E-state index contributed by atoms with van der Waals surface area (Å²) < 4.78 is 10.8. The number of rotatable bonds is 6. The van der Waals surface area contributed by atoms with Gasteiger partial charge in [-0.25, -0.2) is 4.98 Å². The molecule has 1 aliphatic heterocycles. The highest BCUT2D eigenvalue weighted by atomic mass is 16.7. The molecule has 1 aliphatic rings. The maximum Gasteiger partial charge on any atom is 0.232 e. The molecule has 0 atom stereocenters. The largest absolute Gasteiger partial charge is 0.454 e. The molecule has 1 aromatic heterocycles. The maximum absolute atomic E-state index is 5.46. The highest BCUT2D eigenvalue weighted by molar-refractivity contribution is 5.64. The molecular weight excluding hydrogens is 376 g/mol.